The maximum Gasteiger partial charge on any atom is 0.308 e. The van der Waals surface area contributed by atoms with Crippen LogP contribution in [0, 0.1) is 11.8 Å². The fourth-order valence-electron chi connectivity index (χ4n) is 2.36. The van der Waals surface area contributed by atoms with Crippen LogP contribution in [0.5, 0.6) is 0 Å². The topological polar surface area (TPSA) is 57.6 Å². The van der Waals surface area contributed by atoms with Crippen LogP contribution in [0.15, 0.2) is 0 Å². The van der Waals surface area contributed by atoms with Crippen LogP contribution in [0.1, 0.15) is 19.3 Å². The number of carboxylic acids is 1. The Morgan fingerprint density at radius 2 is 1.81 bits per heavy atom. The third-order valence-corrected chi connectivity index (χ3v) is 4.47. The number of thioether (sulfide) groups is 1. The molecule has 0 aromatic carbocycles. The van der Waals surface area contributed by atoms with Gasteiger partial charge in [0.25, 0.3) is 0 Å². The first-order valence-corrected chi connectivity index (χ1v) is 6.93. The molecule has 16 heavy (non-hydrogen) atoms. The second-order valence-corrected chi connectivity index (χ2v) is 5.72. The van der Waals surface area contributed by atoms with Gasteiger partial charge in [-0.2, -0.15) is 11.8 Å². The highest BCUT2D eigenvalue weighted by Crippen LogP contribution is 2.27. The van der Waals surface area contributed by atoms with Gasteiger partial charge in [0, 0.05) is 19.0 Å². The van der Waals surface area contributed by atoms with Crippen LogP contribution in [0.3, 0.4) is 0 Å². The van der Waals surface area contributed by atoms with E-state index >= 15 is 0 Å². The number of rotatable bonds is 2. The van der Waals surface area contributed by atoms with Gasteiger partial charge >= 0.3 is 5.97 Å². The largest absolute Gasteiger partial charge is 0.481 e. The molecule has 0 bridgehead atoms. The summed E-state index contributed by atoms with van der Waals surface area (Å²) >= 11 is 1.90. The average molecular weight is 243 g/mol. The third-order valence-electron chi connectivity index (χ3n) is 3.42. The fourth-order valence-corrected chi connectivity index (χ4v) is 3.47. The van der Waals surface area contributed by atoms with Gasteiger partial charge in [-0.15, -0.1) is 0 Å². The molecule has 0 saturated carbocycles. The van der Waals surface area contributed by atoms with Gasteiger partial charge in [-0.1, -0.05) is 0 Å². The first kappa shape index (κ1) is 11.8. The van der Waals surface area contributed by atoms with E-state index in [1.165, 1.54) is 0 Å². The summed E-state index contributed by atoms with van der Waals surface area (Å²) in [6.07, 6.45) is 2.53. The van der Waals surface area contributed by atoms with Crippen LogP contribution < -0.4 is 0 Å². The van der Waals surface area contributed by atoms with E-state index in [9.17, 15) is 9.59 Å². The molecular formula is C11H17NO3S. The number of carboxylic acid groups (broad SMARTS) is 1. The number of carbonyl (C=O) groups is 2. The van der Waals surface area contributed by atoms with Gasteiger partial charge in [0.05, 0.1) is 5.92 Å². The molecule has 4 nitrogen and oxygen atoms in total. The van der Waals surface area contributed by atoms with Crippen molar-refractivity contribution in [1.82, 2.24) is 4.90 Å². The monoisotopic (exact) mass is 243 g/mol. The summed E-state index contributed by atoms with van der Waals surface area (Å²) in [4.78, 5) is 24.6. The Hall–Kier alpha value is -0.710. The number of hydrogen-bond donors (Lipinski definition) is 1. The maximum atomic E-state index is 12.1. The van der Waals surface area contributed by atoms with Crippen molar-refractivity contribution in [3.8, 4) is 0 Å². The zero-order chi connectivity index (χ0) is 11.5. The van der Waals surface area contributed by atoms with Crippen molar-refractivity contribution in [3.63, 3.8) is 0 Å². The van der Waals surface area contributed by atoms with Gasteiger partial charge in [0.15, 0.2) is 0 Å². The summed E-state index contributed by atoms with van der Waals surface area (Å²) in [7, 11) is 0. The quantitative estimate of drug-likeness (QED) is 0.788. The molecule has 1 N–H and O–H groups in total. The van der Waals surface area contributed by atoms with Gasteiger partial charge in [-0.3, -0.25) is 9.59 Å². The second-order valence-electron chi connectivity index (χ2n) is 4.49. The molecule has 2 heterocycles. The van der Waals surface area contributed by atoms with Crippen molar-refractivity contribution >= 4 is 23.6 Å². The van der Waals surface area contributed by atoms with Crippen LogP contribution in [0.2, 0.25) is 0 Å². The molecule has 1 atom stereocenters. The van der Waals surface area contributed by atoms with Crippen LogP contribution >= 0.6 is 11.8 Å². The van der Waals surface area contributed by atoms with Crippen LogP contribution in [0.4, 0.5) is 0 Å². The van der Waals surface area contributed by atoms with Gasteiger partial charge in [-0.25, -0.2) is 0 Å². The number of carbonyl (C=O) groups excluding carboxylic acids is 1. The lowest BCUT2D eigenvalue weighted by molar-refractivity contribution is -0.141. The highest BCUT2D eigenvalue weighted by molar-refractivity contribution is 7.99. The van der Waals surface area contributed by atoms with Crippen LogP contribution in [0.25, 0.3) is 0 Å². The lowest BCUT2D eigenvalue weighted by Crippen LogP contribution is -2.36. The zero-order valence-corrected chi connectivity index (χ0v) is 10.0. The molecule has 5 heteroatoms. The third kappa shape index (κ3) is 2.51. The first-order chi connectivity index (χ1) is 7.68. The highest BCUT2D eigenvalue weighted by atomic mass is 32.2. The van der Waals surface area contributed by atoms with Crippen LogP contribution in [-0.4, -0.2) is 46.5 Å². The van der Waals surface area contributed by atoms with Crippen molar-refractivity contribution in [2.24, 2.45) is 11.8 Å². The number of aliphatic carboxylic acids is 1. The van der Waals surface area contributed by atoms with E-state index < -0.39 is 5.97 Å². The van der Waals surface area contributed by atoms with E-state index in [1.54, 1.807) is 4.90 Å². The zero-order valence-electron chi connectivity index (χ0n) is 9.22. The molecule has 1 unspecified atom stereocenters. The fraction of sp³-hybridized carbons (Fsp3) is 0.818. The SMILES string of the molecule is O=C(O)C1CCN(C(=O)C2CCSCC2)C1. The predicted molar refractivity (Wildman–Crippen MR) is 62.4 cm³/mol. The molecule has 2 saturated heterocycles. The van der Waals surface area contributed by atoms with Gasteiger partial charge in [-0.05, 0) is 30.8 Å². The van der Waals surface area contributed by atoms with Gasteiger partial charge in [0.2, 0.25) is 5.91 Å². The molecule has 0 aliphatic carbocycles. The van der Waals surface area contributed by atoms with Crippen molar-refractivity contribution in [1.29, 1.82) is 0 Å². The maximum absolute atomic E-state index is 12.1. The van der Waals surface area contributed by atoms with E-state index in [2.05, 4.69) is 0 Å². The van der Waals surface area contributed by atoms with E-state index in [1.807, 2.05) is 11.8 Å². The summed E-state index contributed by atoms with van der Waals surface area (Å²) < 4.78 is 0. The number of likely N-dealkylation sites (tertiary alicyclic amines) is 1. The molecule has 2 aliphatic rings. The molecule has 2 fully saturated rings. The minimum atomic E-state index is -0.769. The number of hydrogen-bond acceptors (Lipinski definition) is 3. The van der Waals surface area contributed by atoms with E-state index in [4.69, 9.17) is 5.11 Å². The Kier molecular flexibility index (Phi) is 3.74. The van der Waals surface area contributed by atoms with Crippen LogP contribution in [-0.2, 0) is 9.59 Å². The van der Waals surface area contributed by atoms with Crippen molar-refractivity contribution in [2.45, 2.75) is 19.3 Å². The molecule has 2 rings (SSSR count). The van der Waals surface area contributed by atoms with Crippen molar-refractivity contribution in [3.05, 3.63) is 0 Å². The summed E-state index contributed by atoms with van der Waals surface area (Å²) in [5.41, 5.74) is 0. The first-order valence-electron chi connectivity index (χ1n) is 5.78. The summed E-state index contributed by atoms with van der Waals surface area (Å²) in [6.45, 7) is 1.04. The number of nitrogens with zero attached hydrogens (tertiary/aromatic N) is 1. The predicted octanol–water partition coefficient (Wildman–Crippen LogP) is 1.06. The average Bonchev–Trinajstić information content (AvgIpc) is 2.78. The normalized spacial score (nSPS) is 27.0. The molecular weight excluding hydrogens is 226 g/mol. The van der Waals surface area contributed by atoms with E-state index in [0.29, 0.717) is 19.5 Å². The number of amides is 1. The molecule has 2 aliphatic heterocycles. The lowest BCUT2D eigenvalue weighted by Gasteiger charge is -2.25. The van der Waals surface area contributed by atoms with E-state index in [-0.39, 0.29) is 17.7 Å². The minimum absolute atomic E-state index is 0.147. The molecule has 0 spiro atoms. The van der Waals surface area contributed by atoms with Crippen molar-refractivity contribution < 1.29 is 14.7 Å². The Morgan fingerprint density at radius 1 is 1.12 bits per heavy atom. The molecule has 90 valence electrons. The summed E-state index contributed by atoms with van der Waals surface area (Å²) in [5, 5.41) is 8.88. The second kappa shape index (κ2) is 5.08. The lowest BCUT2D eigenvalue weighted by atomic mass is 10.0. The van der Waals surface area contributed by atoms with Gasteiger partial charge in [0.1, 0.15) is 0 Å². The Labute approximate surface area is 99.4 Å². The van der Waals surface area contributed by atoms with E-state index in [0.717, 1.165) is 24.3 Å². The molecule has 0 aromatic heterocycles. The summed E-state index contributed by atoms with van der Waals surface area (Å²) in [6, 6.07) is 0. The smallest absolute Gasteiger partial charge is 0.308 e. The van der Waals surface area contributed by atoms with Crippen molar-refractivity contribution in [2.75, 3.05) is 24.6 Å². The Bertz CT molecular complexity index is 289. The Balaban J connectivity index is 1.88. The minimum Gasteiger partial charge on any atom is -0.481 e. The molecule has 0 radical (unpaired) electrons. The van der Waals surface area contributed by atoms with Gasteiger partial charge < -0.3 is 10.0 Å². The molecule has 1 amide bonds. The summed E-state index contributed by atoms with van der Waals surface area (Å²) in [5.74, 6) is 1.34. The standard InChI is InChI=1S/C11H17NO3S/c13-10(8-2-5-16-6-3-8)12-4-1-9(7-12)11(14)15/h8-9H,1-7H2,(H,14,15). The highest BCUT2D eigenvalue weighted by Gasteiger charge is 2.34. The Morgan fingerprint density at radius 3 is 2.38 bits per heavy atom. The molecule has 0 aromatic rings.